The second-order valence-corrected chi connectivity index (χ2v) is 29.6. The van der Waals surface area contributed by atoms with Gasteiger partial charge in [-0.25, -0.2) is 4.79 Å². The number of nitro benzene ring substituents is 3. The topological polar surface area (TPSA) is 562 Å². The first kappa shape index (κ1) is 100. The van der Waals surface area contributed by atoms with Crippen LogP contribution in [-0.4, -0.2) is 197 Å². The molecule has 0 heterocycles. The Balaban J connectivity index is 0.000000234. The quantitative estimate of drug-likeness (QED) is 0.00555. The van der Waals surface area contributed by atoms with Crippen LogP contribution in [0.1, 0.15) is 66.0 Å². The molecule has 35 heteroatoms. The minimum atomic E-state index is -1.11. The minimum absolute atomic E-state index is 0.00488. The molecule has 0 fully saturated rings. The molecular formula is C93H104N12O23. The molecule has 4 atom stereocenters. The summed E-state index contributed by atoms with van der Waals surface area (Å²) in [5.41, 5.74) is 25.0. The highest BCUT2D eigenvalue weighted by Crippen LogP contribution is 2.29. The number of benzene rings is 11. The fourth-order valence-corrected chi connectivity index (χ4v) is 13.4. The predicted octanol–water partition coefficient (Wildman–Crippen LogP) is 10.9. The van der Waals surface area contributed by atoms with Gasteiger partial charge >= 0.3 is 23.9 Å². The van der Waals surface area contributed by atoms with Gasteiger partial charge < -0.3 is 78.9 Å². The van der Waals surface area contributed by atoms with Crippen LogP contribution in [-0.2, 0) is 89.0 Å². The number of aldehydes is 1. The van der Waals surface area contributed by atoms with Gasteiger partial charge in [-0.1, -0.05) is 170 Å². The summed E-state index contributed by atoms with van der Waals surface area (Å²) in [4.78, 5) is 98.9. The zero-order chi connectivity index (χ0) is 93.0. The summed E-state index contributed by atoms with van der Waals surface area (Å²) >= 11 is 0. The van der Waals surface area contributed by atoms with Crippen molar-refractivity contribution in [3.63, 3.8) is 0 Å². The number of aliphatic carboxylic acids is 3. The van der Waals surface area contributed by atoms with Gasteiger partial charge in [0.1, 0.15) is 46.8 Å². The number of carbonyl (C=O) groups excluding carboxylic acids is 2. The Kier molecular flexibility index (Phi) is 41.3. The molecule has 674 valence electrons. The van der Waals surface area contributed by atoms with E-state index in [2.05, 4.69) is 15.5 Å². The van der Waals surface area contributed by atoms with Gasteiger partial charge in [0.2, 0.25) is 0 Å². The van der Waals surface area contributed by atoms with Crippen molar-refractivity contribution in [1.29, 1.82) is 0 Å². The Bertz CT molecular complexity index is 5370. The molecule has 0 bridgehead atoms. The third kappa shape index (κ3) is 35.4. The molecule has 0 saturated carbocycles. The zero-order valence-corrected chi connectivity index (χ0v) is 69.7. The molecule has 0 amide bonds. The zero-order valence-electron chi connectivity index (χ0n) is 69.7. The molecule has 0 spiro atoms. The number of nitrogens with one attached hydrogen (secondary N) is 2. The summed E-state index contributed by atoms with van der Waals surface area (Å²) in [5, 5.41) is 147. The van der Waals surface area contributed by atoms with Gasteiger partial charge in [-0.05, 0) is 109 Å². The number of nitrogens with two attached hydrogens (primary N) is 3. The third-order valence-electron chi connectivity index (χ3n) is 19.9. The highest BCUT2D eigenvalue weighted by atomic mass is 17.1. The molecule has 0 aliphatic heterocycles. The van der Waals surface area contributed by atoms with E-state index in [1.165, 1.54) is 66.7 Å². The minimum Gasteiger partial charge on any atom is -0.508 e. The number of phenols is 7. The van der Waals surface area contributed by atoms with Crippen molar-refractivity contribution in [2.75, 3.05) is 58.1 Å². The Hall–Kier alpha value is -14.8. The van der Waals surface area contributed by atoms with E-state index < -0.39 is 57.3 Å². The lowest BCUT2D eigenvalue weighted by Crippen LogP contribution is -2.48. The van der Waals surface area contributed by atoms with Gasteiger partial charge in [0.25, 0.3) is 17.1 Å². The normalized spacial score (nSPS) is 11.8. The number of para-hydroxylation sites is 7. The molecule has 19 N–H and O–H groups in total. The molecular weight excluding hydrogens is 1650 g/mol. The molecule has 128 heavy (non-hydrogen) atoms. The van der Waals surface area contributed by atoms with E-state index in [0.717, 1.165) is 27.8 Å². The molecule has 11 aromatic carbocycles. The van der Waals surface area contributed by atoms with Crippen molar-refractivity contribution in [1.82, 2.24) is 30.2 Å². The smallest absolute Gasteiger partial charge is 0.355 e. The standard InChI is InChI=1S/C27H29N3O9.C27H31N3O6.C23H25N3O4.C9H13N3O2.C7H6O2/c31-24-7-3-1-5-20(24)14-28(17-26(33)34)16-23(13-19-9-11-22(12-10-19)30(36)37)29(18-27(35)39-38)15-21-6-2-4-8-25(21)32;28-22-11-9-19(10-12-22)13-23(30(18-27(35)36)15-21-6-2-4-8-25(21)32)16-29(17-26(33)34)14-20-5-1-3-7-24(20)31;27-22-7-3-1-5-18(22)14-24-16-20(25-15-19-6-2-4-8-23(19)28)13-17-9-11-21(12-10-17)26(29)30;10-6-8(11)5-7-1-3-9(4-2-7)12(13)14;8-5-6-3-1-2-4-7(6)9/h1-12,23,31-32,38H,13-18H2,(H,33,34);1-12,23,31-32H,13-18,28H2,(H,33,34)(H,35,36);1-12,20,24-25,27-28H,13-16H2;1-4,8H,5-6,10-11H2;1-5,9H. The average molecular weight is 1760 g/mol. The van der Waals surface area contributed by atoms with Crippen molar-refractivity contribution < 1.29 is 100.0 Å². The van der Waals surface area contributed by atoms with E-state index >= 15 is 0 Å². The SMILES string of the molecule is NCC(N)Cc1ccc([N+](=O)[O-])cc1.Nc1ccc(CC(CN(CC(=O)O)Cc2ccccc2O)N(CC(=O)O)Cc2ccccc2O)cc1.O=C(O)CN(Cc1ccccc1O)CC(Cc1ccc([N+](=O)[O-])cc1)N(CC(=O)OO)Cc1ccccc1O.O=Cc1ccccc1O.O=[N+]([O-])c1ccc(CC(CNCc2ccccc2O)NCc2ccccc2O)cc1. The van der Waals surface area contributed by atoms with Crippen LogP contribution >= 0.6 is 0 Å². The van der Waals surface area contributed by atoms with Gasteiger partial charge in [-0.3, -0.25) is 74.0 Å². The first-order valence-electron chi connectivity index (χ1n) is 40.1. The number of hydrogen-bond acceptors (Lipinski definition) is 29. The highest BCUT2D eigenvalue weighted by Gasteiger charge is 2.30. The molecule has 0 saturated heterocycles. The molecule has 0 aliphatic carbocycles. The molecule has 0 radical (unpaired) electrons. The van der Waals surface area contributed by atoms with Crippen LogP contribution in [0.2, 0.25) is 0 Å². The summed E-state index contributed by atoms with van der Waals surface area (Å²) in [5.74, 6) is -3.56. The third-order valence-corrected chi connectivity index (χ3v) is 19.9. The van der Waals surface area contributed by atoms with Crippen LogP contribution in [0.3, 0.4) is 0 Å². The van der Waals surface area contributed by atoms with Crippen LogP contribution in [0.4, 0.5) is 22.7 Å². The number of nitrogen functional groups attached to an aromatic ring is 1. The van der Waals surface area contributed by atoms with Crippen LogP contribution in [0.15, 0.2) is 267 Å². The number of anilines is 1. The second kappa shape index (κ2) is 52.7. The van der Waals surface area contributed by atoms with Crippen molar-refractivity contribution in [2.45, 2.75) is 89.1 Å². The Morgan fingerprint density at radius 2 is 0.711 bits per heavy atom. The number of aromatic hydroxyl groups is 7. The molecule has 11 aromatic rings. The lowest BCUT2D eigenvalue weighted by Gasteiger charge is -2.35. The van der Waals surface area contributed by atoms with Crippen LogP contribution in [0.25, 0.3) is 0 Å². The first-order chi connectivity index (χ1) is 61.4. The number of rotatable bonds is 42. The van der Waals surface area contributed by atoms with Crippen LogP contribution in [0, 0.1) is 30.3 Å². The van der Waals surface area contributed by atoms with E-state index in [-0.39, 0.29) is 135 Å². The molecule has 35 nitrogen and oxygen atoms in total. The van der Waals surface area contributed by atoms with Crippen molar-refractivity contribution >= 4 is 52.9 Å². The molecule has 0 aliphatic rings. The van der Waals surface area contributed by atoms with Crippen LogP contribution < -0.4 is 27.8 Å². The Labute approximate surface area is 737 Å². The summed E-state index contributed by atoms with van der Waals surface area (Å²) < 4.78 is 0. The number of phenolic OH excluding ortho intramolecular Hbond substituents is 7. The van der Waals surface area contributed by atoms with Crippen LogP contribution in [0.5, 0.6) is 40.2 Å². The first-order valence-corrected chi connectivity index (χ1v) is 40.1. The van der Waals surface area contributed by atoms with Gasteiger partial charge in [-0.15, -0.1) is 0 Å². The summed E-state index contributed by atoms with van der Waals surface area (Å²) in [7, 11) is 0. The number of hydrogen-bond donors (Lipinski definition) is 16. The van der Waals surface area contributed by atoms with Gasteiger partial charge in [0, 0.05) is 165 Å². The van der Waals surface area contributed by atoms with Gasteiger partial charge in [-0.2, -0.15) is 5.26 Å². The predicted molar refractivity (Wildman–Crippen MR) is 477 cm³/mol. The van der Waals surface area contributed by atoms with Gasteiger partial charge in [0.15, 0.2) is 6.29 Å². The maximum absolute atomic E-state index is 12.2. The lowest BCUT2D eigenvalue weighted by molar-refractivity contribution is -0.385. The van der Waals surface area contributed by atoms with E-state index in [4.69, 9.17) is 27.6 Å². The largest absolute Gasteiger partial charge is 0.508 e. The number of carboxylic acid groups (broad SMARTS) is 3. The maximum Gasteiger partial charge on any atom is 0.355 e. The van der Waals surface area contributed by atoms with Crippen molar-refractivity contribution in [3.8, 4) is 40.2 Å². The summed E-state index contributed by atoms with van der Waals surface area (Å²) in [6.07, 6.45) is 2.56. The summed E-state index contributed by atoms with van der Waals surface area (Å²) in [6, 6.07) is 72.0. The average Bonchev–Trinajstić information content (AvgIpc) is 0.837. The maximum atomic E-state index is 12.2. The Morgan fingerprint density at radius 1 is 0.398 bits per heavy atom. The van der Waals surface area contributed by atoms with E-state index in [1.807, 2.05) is 36.4 Å². The number of nitrogens with zero attached hydrogens (tertiary/aromatic N) is 7. The Morgan fingerprint density at radius 3 is 1.04 bits per heavy atom. The molecule has 11 rings (SSSR count). The van der Waals surface area contributed by atoms with E-state index in [0.29, 0.717) is 90.8 Å². The molecule has 0 aromatic heterocycles. The summed E-state index contributed by atoms with van der Waals surface area (Å²) in [6.45, 7) is 1.32. The fourth-order valence-electron chi connectivity index (χ4n) is 13.4. The highest BCUT2D eigenvalue weighted by molar-refractivity contribution is 5.78. The van der Waals surface area contributed by atoms with E-state index in [9.17, 15) is 100 Å². The monoisotopic (exact) mass is 1760 g/mol. The van der Waals surface area contributed by atoms with Gasteiger partial charge in [0.05, 0.1) is 40.0 Å². The number of carboxylic acids is 3. The lowest BCUT2D eigenvalue weighted by atomic mass is 10.0. The fraction of sp³-hybridized carbons (Fsp3) is 0.237. The number of nitro groups is 3. The second-order valence-electron chi connectivity index (χ2n) is 29.6. The van der Waals surface area contributed by atoms with E-state index in [1.54, 1.807) is 183 Å². The van der Waals surface area contributed by atoms with Crippen molar-refractivity contribution in [3.05, 3.63) is 358 Å². The molecule has 4 unspecified atom stereocenters. The number of non-ortho nitro benzene ring substituents is 3. The van der Waals surface area contributed by atoms with Crippen molar-refractivity contribution in [2.24, 2.45) is 11.5 Å². The number of carbonyl (C=O) groups is 5.